The van der Waals surface area contributed by atoms with Crippen molar-refractivity contribution in [3.05, 3.63) is 23.3 Å². The van der Waals surface area contributed by atoms with E-state index in [9.17, 15) is 8.42 Å². The minimum Gasteiger partial charge on any atom is -0.385 e. The molecular formula is C14H22N2O2S. The van der Waals surface area contributed by atoms with Crippen LogP contribution < -0.4 is 10.0 Å². The van der Waals surface area contributed by atoms with E-state index in [1.807, 2.05) is 26.0 Å². The van der Waals surface area contributed by atoms with Gasteiger partial charge in [-0.3, -0.25) is 0 Å². The van der Waals surface area contributed by atoms with Crippen LogP contribution in [0.5, 0.6) is 0 Å². The van der Waals surface area contributed by atoms with Crippen LogP contribution in [-0.2, 0) is 10.0 Å². The van der Waals surface area contributed by atoms with E-state index in [1.165, 1.54) is 0 Å². The van der Waals surface area contributed by atoms with Crippen LogP contribution in [0.2, 0.25) is 0 Å². The Kier molecular flexibility index (Phi) is 4.16. The molecule has 106 valence electrons. The van der Waals surface area contributed by atoms with Crippen molar-refractivity contribution in [1.29, 1.82) is 0 Å². The van der Waals surface area contributed by atoms with Gasteiger partial charge in [-0.1, -0.05) is 6.92 Å². The smallest absolute Gasteiger partial charge is 0.241 e. The first-order valence-corrected chi connectivity index (χ1v) is 8.30. The third-order valence-corrected chi connectivity index (χ3v) is 5.03. The van der Waals surface area contributed by atoms with Gasteiger partial charge >= 0.3 is 0 Å². The fourth-order valence-corrected chi connectivity index (χ4v) is 3.98. The number of benzene rings is 1. The second-order valence-corrected chi connectivity index (χ2v) is 6.91. The quantitative estimate of drug-likeness (QED) is 0.843. The highest BCUT2D eigenvalue weighted by molar-refractivity contribution is 7.89. The number of rotatable bonds is 6. The van der Waals surface area contributed by atoms with Gasteiger partial charge in [0.2, 0.25) is 10.0 Å². The monoisotopic (exact) mass is 282 g/mol. The van der Waals surface area contributed by atoms with Crippen LogP contribution in [-0.4, -0.2) is 21.0 Å². The van der Waals surface area contributed by atoms with Crippen LogP contribution in [0.1, 0.15) is 37.3 Å². The van der Waals surface area contributed by atoms with Crippen LogP contribution in [0.4, 0.5) is 5.69 Å². The Morgan fingerprint density at radius 2 is 1.79 bits per heavy atom. The number of hydrogen-bond acceptors (Lipinski definition) is 3. The molecule has 19 heavy (non-hydrogen) atoms. The van der Waals surface area contributed by atoms with E-state index in [0.717, 1.165) is 42.6 Å². The maximum absolute atomic E-state index is 12.3. The molecule has 5 heteroatoms. The molecule has 0 aliphatic heterocycles. The second-order valence-electron chi connectivity index (χ2n) is 5.26. The summed E-state index contributed by atoms with van der Waals surface area (Å²) in [6.45, 7) is 6.70. The molecule has 2 N–H and O–H groups in total. The van der Waals surface area contributed by atoms with Gasteiger partial charge in [-0.25, -0.2) is 13.1 Å². The predicted molar refractivity (Wildman–Crippen MR) is 78.0 cm³/mol. The molecule has 1 aromatic carbocycles. The van der Waals surface area contributed by atoms with Gasteiger partial charge in [0.05, 0.1) is 4.90 Å². The molecule has 0 spiro atoms. The average molecular weight is 282 g/mol. The Bertz CT molecular complexity index is 540. The maximum atomic E-state index is 12.3. The van der Waals surface area contributed by atoms with Crippen molar-refractivity contribution < 1.29 is 8.42 Å². The van der Waals surface area contributed by atoms with Gasteiger partial charge in [0.25, 0.3) is 0 Å². The van der Waals surface area contributed by atoms with Crippen LogP contribution in [0.15, 0.2) is 17.0 Å². The lowest BCUT2D eigenvalue weighted by Crippen LogP contribution is -2.27. The van der Waals surface area contributed by atoms with E-state index in [0.29, 0.717) is 4.90 Å². The van der Waals surface area contributed by atoms with Crippen molar-refractivity contribution >= 4 is 15.7 Å². The zero-order valence-electron chi connectivity index (χ0n) is 11.8. The molecule has 0 aromatic heterocycles. The first-order chi connectivity index (χ1) is 8.94. The summed E-state index contributed by atoms with van der Waals surface area (Å²) in [5, 5.41) is 3.29. The SMILES string of the molecule is CCCNc1cc(C)c(S(=O)(=O)NC2CC2)c(C)c1. The summed E-state index contributed by atoms with van der Waals surface area (Å²) in [5.74, 6) is 0. The average Bonchev–Trinajstić information content (AvgIpc) is 3.08. The summed E-state index contributed by atoms with van der Waals surface area (Å²) < 4.78 is 27.4. The highest BCUT2D eigenvalue weighted by Crippen LogP contribution is 2.27. The van der Waals surface area contributed by atoms with Gasteiger partial charge in [0.15, 0.2) is 0 Å². The summed E-state index contributed by atoms with van der Waals surface area (Å²) in [6.07, 6.45) is 2.95. The van der Waals surface area contributed by atoms with Gasteiger partial charge in [0.1, 0.15) is 0 Å². The van der Waals surface area contributed by atoms with Crippen molar-refractivity contribution in [2.75, 3.05) is 11.9 Å². The van der Waals surface area contributed by atoms with Crippen LogP contribution in [0.25, 0.3) is 0 Å². The summed E-state index contributed by atoms with van der Waals surface area (Å²) in [7, 11) is -3.37. The molecule has 0 atom stereocenters. The van der Waals surface area contributed by atoms with E-state index in [2.05, 4.69) is 17.0 Å². The van der Waals surface area contributed by atoms with E-state index in [-0.39, 0.29) is 6.04 Å². The number of sulfonamides is 1. The lowest BCUT2D eigenvalue weighted by Gasteiger charge is -2.14. The van der Waals surface area contributed by atoms with Gasteiger partial charge in [-0.05, 0) is 56.4 Å². The Labute approximate surface area is 115 Å². The lowest BCUT2D eigenvalue weighted by molar-refractivity contribution is 0.580. The zero-order chi connectivity index (χ0) is 14.0. The molecule has 0 unspecified atom stereocenters. The topological polar surface area (TPSA) is 58.2 Å². The third kappa shape index (κ3) is 3.48. The summed E-state index contributed by atoms with van der Waals surface area (Å²) in [5.41, 5.74) is 2.58. The Balaban J connectivity index is 2.30. The minimum absolute atomic E-state index is 0.140. The summed E-state index contributed by atoms with van der Waals surface area (Å²) >= 11 is 0. The van der Waals surface area contributed by atoms with Gasteiger partial charge in [-0.2, -0.15) is 0 Å². The molecule has 4 nitrogen and oxygen atoms in total. The van der Waals surface area contributed by atoms with Crippen molar-refractivity contribution in [2.45, 2.75) is 51.0 Å². The lowest BCUT2D eigenvalue weighted by atomic mass is 10.1. The summed E-state index contributed by atoms with van der Waals surface area (Å²) in [4.78, 5) is 0.432. The highest BCUT2D eigenvalue weighted by atomic mass is 32.2. The standard InChI is InChI=1S/C14H22N2O2S/c1-4-7-15-13-8-10(2)14(11(3)9-13)19(17,18)16-12-5-6-12/h8-9,12,15-16H,4-7H2,1-3H3. The van der Waals surface area contributed by atoms with E-state index in [4.69, 9.17) is 0 Å². The van der Waals surface area contributed by atoms with E-state index >= 15 is 0 Å². The molecule has 1 aromatic rings. The van der Waals surface area contributed by atoms with Crippen LogP contribution >= 0.6 is 0 Å². The fraction of sp³-hybridized carbons (Fsp3) is 0.571. The number of nitrogens with one attached hydrogen (secondary N) is 2. The molecular weight excluding hydrogens is 260 g/mol. The molecule has 2 rings (SSSR count). The number of hydrogen-bond donors (Lipinski definition) is 2. The maximum Gasteiger partial charge on any atom is 0.241 e. The normalized spacial score (nSPS) is 15.5. The Morgan fingerprint density at radius 1 is 1.21 bits per heavy atom. The third-order valence-electron chi connectivity index (χ3n) is 3.21. The van der Waals surface area contributed by atoms with Crippen molar-refractivity contribution in [3.8, 4) is 0 Å². The summed E-state index contributed by atoms with van der Waals surface area (Å²) in [6, 6.07) is 3.95. The molecule has 0 amide bonds. The Hall–Kier alpha value is -1.07. The fourth-order valence-electron chi connectivity index (χ4n) is 2.23. The van der Waals surface area contributed by atoms with E-state index in [1.54, 1.807) is 0 Å². The zero-order valence-corrected chi connectivity index (χ0v) is 12.6. The van der Waals surface area contributed by atoms with Crippen molar-refractivity contribution in [1.82, 2.24) is 4.72 Å². The molecule has 0 saturated heterocycles. The highest BCUT2D eigenvalue weighted by Gasteiger charge is 2.29. The largest absolute Gasteiger partial charge is 0.385 e. The van der Waals surface area contributed by atoms with Gasteiger partial charge in [0, 0.05) is 18.3 Å². The molecule has 1 aliphatic carbocycles. The second kappa shape index (κ2) is 5.51. The first-order valence-electron chi connectivity index (χ1n) is 6.81. The molecule has 0 radical (unpaired) electrons. The molecule has 0 bridgehead atoms. The number of anilines is 1. The first kappa shape index (κ1) is 14.3. The molecule has 1 fully saturated rings. The van der Waals surface area contributed by atoms with Crippen molar-refractivity contribution in [3.63, 3.8) is 0 Å². The van der Waals surface area contributed by atoms with Gasteiger partial charge < -0.3 is 5.32 Å². The van der Waals surface area contributed by atoms with E-state index < -0.39 is 10.0 Å². The molecule has 1 aliphatic rings. The predicted octanol–water partition coefficient (Wildman–Crippen LogP) is 2.57. The Morgan fingerprint density at radius 3 is 2.26 bits per heavy atom. The van der Waals surface area contributed by atoms with Crippen LogP contribution in [0, 0.1) is 13.8 Å². The van der Waals surface area contributed by atoms with Gasteiger partial charge in [-0.15, -0.1) is 0 Å². The molecule has 0 heterocycles. The minimum atomic E-state index is -3.37. The van der Waals surface area contributed by atoms with Crippen molar-refractivity contribution in [2.24, 2.45) is 0 Å². The van der Waals surface area contributed by atoms with Crippen LogP contribution in [0.3, 0.4) is 0 Å². The number of aryl methyl sites for hydroxylation is 2. The molecule has 1 saturated carbocycles.